The highest BCUT2D eigenvalue weighted by Gasteiger charge is 2.52. The molecule has 0 saturated carbocycles. The fraction of sp³-hybridized carbons (Fsp3) is 0.312. The van der Waals surface area contributed by atoms with E-state index < -0.39 is 18.0 Å². The Labute approximate surface area is 221 Å². The summed E-state index contributed by atoms with van der Waals surface area (Å²) < 4.78 is 25.3. The maximum atomic E-state index is 6.45. The molecule has 0 radical (unpaired) electrons. The molecule has 0 bridgehead atoms. The molecule has 6 nitrogen and oxygen atoms in total. The Bertz CT molecular complexity index is 1450. The summed E-state index contributed by atoms with van der Waals surface area (Å²) in [6, 6.07) is 29.2. The van der Waals surface area contributed by atoms with Gasteiger partial charge < -0.3 is 18.9 Å². The molecule has 0 aromatic heterocycles. The zero-order valence-corrected chi connectivity index (χ0v) is 21.5. The van der Waals surface area contributed by atoms with E-state index >= 15 is 0 Å². The first-order chi connectivity index (χ1) is 18.6. The van der Waals surface area contributed by atoms with Crippen LogP contribution in [0.15, 0.2) is 94.9 Å². The number of fused-ring (bicyclic) bond motifs is 2. The van der Waals surface area contributed by atoms with Crippen LogP contribution in [0.3, 0.4) is 0 Å². The minimum absolute atomic E-state index is 0.108. The molecule has 4 aromatic rings. The van der Waals surface area contributed by atoms with Gasteiger partial charge in [-0.3, -0.25) is 0 Å². The quantitative estimate of drug-likeness (QED) is 0.308. The monoisotopic (exact) mass is 506 g/mol. The SMILES string of the molecule is CCC1(C)O[C@H](C2=N[C@@H](c3cccc4ccccc34)CO2)[C@@H](C2=N[C@@H](c3cccc4ccccc34)CO2)O1. The second-order valence-corrected chi connectivity index (χ2v) is 10.3. The van der Waals surface area contributed by atoms with E-state index in [0.717, 1.165) is 11.1 Å². The molecule has 0 aliphatic carbocycles. The van der Waals surface area contributed by atoms with Crippen molar-refractivity contribution in [3.05, 3.63) is 96.1 Å². The maximum absolute atomic E-state index is 6.45. The number of hydrogen-bond acceptors (Lipinski definition) is 6. The van der Waals surface area contributed by atoms with Gasteiger partial charge in [0.05, 0.1) is 0 Å². The second kappa shape index (κ2) is 9.22. The molecule has 3 aliphatic rings. The summed E-state index contributed by atoms with van der Waals surface area (Å²) in [6.45, 7) is 4.93. The largest absolute Gasteiger partial charge is 0.476 e. The van der Waals surface area contributed by atoms with Crippen molar-refractivity contribution < 1.29 is 18.9 Å². The number of rotatable bonds is 5. The van der Waals surface area contributed by atoms with E-state index in [1.165, 1.54) is 21.5 Å². The topological polar surface area (TPSA) is 61.6 Å². The first-order valence-corrected chi connectivity index (χ1v) is 13.3. The number of aliphatic imine (C=N–C) groups is 2. The normalized spacial score (nSPS) is 26.3. The maximum Gasteiger partial charge on any atom is 0.217 e. The van der Waals surface area contributed by atoms with E-state index in [1.54, 1.807) is 0 Å². The van der Waals surface area contributed by atoms with Gasteiger partial charge in [0, 0.05) is 0 Å². The van der Waals surface area contributed by atoms with Gasteiger partial charge in [-0.05, 0) is 46.0 Å². The Morgan fingerprint density at radius 3 is 1.58 bits per heavy atom. The lowest BCUT2D eigenvalue weighted by Gasteiger charge is -2.20. The molecule has 3 heterocycles. The number of nitrogens with zero attached hydrogens (tertiary/aromatic N) is 2. The van der Waals surface area contributed by atoms with Crippen molar-refractivity contribution >= 4 is 33.3 Å². The first-order valence-electron chi connectivity index (χ1n) is 13.3. The van der Waals surface area contributed by atoms with Gasteiger partial charge in [-0.25, -0.2) is 9.98 Å². The Morgan fingerprint density at radius 2 is 1.11 bits per heavy atom. The minimum atomic E-state index is -0.776. The lowest BCUT2D eigenvalue weighted by molar-refractivity contribution is -0.154. The molecule has 0 amide bonds. The lowest BCUT2D eigenvalue weighted by Crippen LogP contribution is -2.37. The van der Waals surface area contributed by atoms with Crippen LogP contribution in [0.25, 0.3) is 21.5 Å². The summed E-state index contributed by atoms with van der Waals surface area (Å²) in [4.78, 5) is 10.0. The molecule has 38 heavy (non-hydrogen) atoms. The molecule has 0 unspecified atom stereocenters. The van der Waals surface area contributed by atoms with E-state index in [-0.39, 0.29) is 12.1 Å². The van der Waals surface area contributed by atoms with Crippen LogP contribution in [0.2, 0.25) is 0 Å². The van der Waals surface area contributed by atoms with Crippen LogP contribution < -0.4 is 0 Å². The second-order valence-electron chi connectivity index (χ2n) is 10.3. The Kier molecular flexibility index (Phi) is 5.68. The molecular formula is C32H30N2O4. The fourth-order valence-electron chi connectivity index (χ4n) is 5.71. The van der Waals surface area contributed by atoms with Crippen LogP contribution in [0.1, 0.15) is 43.5 Å². The number of hydrogen-bond donors (Lipinski definition) is 0. The minimum Gasteiger partial charge on any atom is -0.476 e. The number of ether oxygens (including phenoxy) is 4. The van der Waals surface area contributed by atoms with Crippen LogP contribution in [0, 0.1) is 0 Å². The fourth-order valence-corrected chi connectivity index (χ4v) is 5.71. The van der Waals surface area contributed by atoms with Crippen molar-refractivity contribution in [3.8, 4) is 0 Å². The highest BCUT2D eigenvalue weighted by molar-refractivity contribution is 5.94. The van der Waals surface area contributed by atoms with Gasteiger partial charge in [-0.2, -0.15) is 0 Å². The van der Waals surface area contributed by atoms with Gasteiger partial charge in [0.2, 0.25) is 11.8 Å². The average molecular weight is 507 g/mol. The van der Waals surface area contributed by atoms with Crippen LogP contribution in [-0.2, 0) is 18.9 Å². The van der Waals surface area contributed by atoms with Crippen molar-refractivity contribution in [2.75, 3.05) is 13.2 Å². The summed E-state index contributed by atoms with van der Waals surface area (Å²) in [6.07, 6.45) is -0.366. The third kappa shape index (κ3) is 3.96. The van der Waals surface area contributed by atoms with E-state index in [0.29, 0.717) is 31.4 Å². The predicted octanol–water partition coefficient (Wildman–Crippen LogP) is 6.54. The van der Waals surface area contributed by atoms with E-state index in [2.05, 4.69) is 84.9 Å². The van der Waals surface area contributed by atoms with Crippen molar-refractivity contribution in [3.63, 3.8) is 0 Å². The third-order valence-corrected chi connectivity index (χ3v) is 7.87. The van der Waals surface area contributed by atoms with Crippen molar-refractivity contribution in [2.24, 2.45) is 9.98 Å². The summed E-state index contributed by atoms with van der Waals surface area (Å²) in [5.41, 5.74) is 2.30. The van der Waals surface area contributed by atoms with Crippen LogP contribution >= 0.6 is 0 Å². The first kappa shape index (κ1) is 23.4. The Hall–Kier alpha value is -3.74. The van der Waals surface area contributed by atoms with Gasteiger partial charge in [0.25, 0.3) is 0 Å². The molecule has 4 aromatic carbocycles. The standard InChI is InChI=1S/C32H30N2O4/c1-3-32(2)37-28(30-33-26(18-35-30)24-16-8-12-20-10-4-6-14-22(20)24)29(38-32)31-34-27(19-36-31)25-17-9-13-21-11-5-7-15-23(21)25/h4-17,26-29H,3,18-19H2,1-2H3/t26-,27-,28+,29+/m1/s1. The lowest BCUT2D eigenvalue weighted by atomic mass is 10.00. The summed E-state index contributed by atoms with van der Waals surface area (Å²) in [5.74, 6) is 0.317. The summed E-state index contributed by atoms with van der Waals surface area (Å²) in [5, 5.41) is 4.76. The van der Waals surface area contributed by atoms with Crippen LogP contribution in [0.4, 0.5) is 0 Å². The van der Waals surface area contributed by atoms with Crippen molar-refractivity contribution in [1.82, 2.24) is 0 Å². The molecule has 1 saturated heterocycles. The highest BCUT2D eigenvalue weighted by atomic mass is 16.8. The van der Waals surface area contributed by atoms with E-state index in [4.69, 9.17) is 28.9 Å². The molecule has 0 N–H and O–H groups in total. The highest BCUT2D eigenvalue weighted by Crippen LogP contribution is 2.39. The average Bonchev–Trinajstić information content (AvgIpc) is 3.71. The van der Waals surface area contributed by atoms with Gasteiger partial charge in [-0.15, -0.1) is 0 Å². The van der Waals surface area contributed by atoms with E-state index in [1.807, 2.05) is 13.8 Å². The molecule has 4 atom stereocenters. The molecule has 192 valence electrons. The molecular weight excluding hydrogens is 476 g/mol. The van der Waals surface area contributed by atoms with Gasteiger partial charge >= 0.3 is 0 Å². The van der Waals surface area contributed by atoms with Crippen LogP contribution in [0.5, 0.6) is 0 Å². The Balaban J connectivity index is 1.21. The van der Waals surface area contributed by atoms with Crippen LogP contribution in [-0.4, -0.2) is 43.0 Å². The summed E-state index contributed by atoms with van der Waals surface area (Å²) in [7, 11) is 0. The number of benzene rings is 4. The Morgan fingerprint density at radius 1 is 0.658 bits per heavy atom. The molecule has 6 heteroatoms. The van der Waals surface area contributed by atoms with Crippen molar-refractivity contribution in [1.29, 1.82) is 0 Å². The van der Waals surface area contributed by atoms with Gasteiger partial charge in [0.1, 0.15) is 25.3 Å². The molecule has 7 rings (SSSR count). The third-order valence-electron chi connectivity index (χ3n) is 7.87. The van der Waals surface area contributed by atoms with E-state index in [9.17, 15) is 0 Å². The molecule has 1 fully saturated rings. The zero-order chi connectivity index (χ0) is 25.7. The van der Waals surface area contributed by atoms with Gasteiger partial charge in [-0.1, -0.05) is 91.9 Å². The molecule has 0 spiro atoms. The predicted molar refractivity (Wildman–Crippen MR) is 149 cm³/mol. The van der Waals surface area contributed by atoms with Crippen molar-refractivity contribution in [2.45, 2.75) is 50.3 Å². The smallest absolute Gasteiger partial charge is 0.217 e. The molecule has 3 aliphatic heterocycles. The zero-order valence-electron chi connectivity index (χ0n) is 21.5. The summed E-state index contributed by atoms with van der Waals surface area (Å²) >= 11 is 0. The van der Waals surface area contributed by atoms with Gasteiger partial charge in [0.15, 0.2) is 18.0 Å².